The van der Waals surface area contributed by atoms with E-state index in [1.165, 1.54) is 0 Å². The van der Waals surface area contributed by atoms with E-state index < -0.39 is 24.1 Å². The molecule has 4 N–H and O–H groups in total. The molecule has 9 nitrogen and oxygen atoms in total. The Kier molecular flexibility index (Phi) is 41.5. The van der Waals surface area contributed by atoms with Crippen LogP contribution >= 0.6 is 0 Å². The summed E-state index contributed by atoms with van der Waals surface area (Å²) in [7, 11) is 0. The maximum absolute atomic E-state index is 9.00. The van der Waals surface area contributed by atoms with Gasteiger partial charge < -0.3 is 30.3 Å². The minimum Gasteiger partial charge on any atom is -0.565 e. The number of rotatable bonds is 0. The molecule has 0 heterocycles. The van der Waals surface area contributed by atoms with Crippen molar-refractivity contribution in [3.05, 3.63) is 0 Å². The molecule has 0 aliphatic rings. The molecule has 0 saturated carbocycles. The molecule has 0 aliphatic carbocycles. The summed E-state index contributed by atoms with van der Waals surface area (Å²) in [6.45, 7) is 3.25. The Bertz CT molecular complexity index is 161. The Morgan fingerprint density at radius 2 is 0.706 bits per heavy atom. The summed E-state index contributed by atoms with van der Waals surface area (Å²) < 4.78 is 0. The van der Waals surface area contributed by atoms with E-state index in [9.17, 15) is 0 Å². The van der Waals surface area contributed by atoms with E-state index in [1.54, 1.807) is 0 Å². The fourth-order valence-electron chi connectivity index (χ4n) is 0. The number of carboxylic acids is 3. The Morgan fingerprint density at radius 3 is 0.706 bits per heavy atom. The van der Waals surface area contributed by atoms with Crippen LogP contribution in [0.15, 0.2) is 0 Å². The molecular formula is C7H13AgO9. The van der Waals surface area contributed by atoms with E-state index in [1.807, 2.05) is 0 Å². The van der Waals surface area contributed by atoms with Crippen LogP contribution in [0.1, 0.15) is 20.8 Å². The summed E-state index contributed by atoms with van der Waals surface area (Å²) in [5.41, 5.74) is 0. The maximum atomic E-state index is 9.00. The third-order valence-corrected chi connectivity index (χ3v) is 0. The van der Waals surface area contributed by atoms with E-state index in [4.69, 9.17) is 44.7 Å². The number of hydrogen-bond donors (Lipinski definition) is 4. The molecule has 0 rings (SSSR count). The van der Waals surface area contributed by atoms with Gasteiger partial charge in [-0.2, -0.15) is 0 Å². The van der Waals surface area contributed by atoms with Crippen molar-refractivity contribution in [1.82, 2.24) is 0 Å². The molecule has 0 spiro atoms. The van der Waals surface area contributed by atoms with Crippen LogP contribution in [0, 0.1) is 0 Å². The molecule has 10 heteroatoms. The zero-order chi connectivity index (χ0) is 14.3. The minimum atomic E-state index is -2.08. The molecule has 0 aliphatic heterocycles. The van der Waals surface area contributed by atoms with Crippen LogP contribution in [0.25, 0.3) is 0 Å². The first kappa shape index (κ1) is 29.5. The Labute approximate surface area is 112 Å². The zero-order valence-electron chi connectivity index (χ0n) is 9.13. The van der Waals surface area contributed by atoms with Gasteiger partial charge in [-0.3, -0.25) is 14.4 Å². The van der Waals surface area contributed by atoms with E-state index >= 15 is 0 Å². The van der Waals surface area contributed by atoms with Crippen molar-refractivity contribution in [2.24, 2.45) is 0 Å². The van der Waals surface area contributed by atoms with Gasteiger partial charge in [0.1, 0.15) is 0 Å². The van der Waals surface area contributed by atoms with Gasteiger partial charge in [-0.1, -0.05) is 0 Å². The van der Waals surface area contributed by atoms with Crippen LogP contribution in [0.4, 0.5) is 4.79 Å². The third kappa shape index (κ3) is 891. The molecule has 0 radical (unpaired) electrons. The van der Waals surface area contributed by atoms with Gasteiger partial charge in [0.2, 0.25) is 6.16 Å². The van der Waals surface area contributed by atoms with Gasteiger partial charge in [-0.15, -0.1) is 0 Å². The van der Waals surface area contributed by atoms with Gasteiger partial charge in [0, 0.05) is 20.8 Å². The Balaban J connectivity index is -0.0000000369. The molecule has 0 saturated heterocycles. The molecular weight excluding hydrogens is 336 g/mol. The van der Waals surface area contributed by atoms with Crippen LogP contribution in [-0.2, 0) is 36.8 Å². The van der Waals surface area contributed by atoms with Gasteiger partial charge >= 0.3 is 22.4 Å². The molecule has 0 aromatic carbocycles. The standard InChI is InChI=1S/3C2H4O2.CH2O3.Ag/c3*1-2(3)4;2-1(3)4;/h3*1H3,(H,3,4);(H2,2,3,4);/q;;;;+1/p-1. The average Bonchev–Trinajstić information content (AvgIpc) is 1.76. The van der Waals surface area contributed by atoms with Crippen molar-refractivity contribution in [3.63, 3.8) is 0 Å². The predicted molar refractivity (Wildman–Crippen MR) is 48.0 cm³/mol. The number of hydrogen-bond acceptors (Lipinski definition) is 5. The molecule has 0 bridgehead atoms. The van der Waals surface area contributed by atoms with E-state index in [0.29, 0.717) is 0 Å². The van der Waals surface area contributed by atoms with E-state index in [0.717, 1.165) is 20.8 Å². The summed E-state index contributed by atoms with van der Waals surface area (Å²) >= 11 is 0. The Hall–Kier alpha value is -1.58. The molecule has 17 heavy (non-hydrogen) atoms. The van der Waals surface area contributed by atoms with Crippen molar-refractivity contribution < 1.29 is 67.1 Å². The Morgan fingerprint density at radius 1 is 0.706 bits per heavy atom. The fourth-order valence-corrected chi connectivity index (χ4v) is 0. The fraction of sp³-hybridized carbons (Fsp3) is 0.429. The number of aliphatic carboxylic acids is 3. The summed E-state index contributed by atoms with van der Waals surface area (Å²) in [6, 6.07) is 0. The number of carboxylic acid groups (broad SMARTS) is 5. The van der Waals surface area contributed by atoms with Gasteiger partial charge in [-0.25, -0.2) is 0 Å². The van der Waals surface area contributed by atoms with Crippen LogP contribution in [0.3, 0.4) is 0 Å². The monoisotopic (exact) mass is 348 g/mol. The molecule has 106 valence electrons. The minimum absolute atomic E-state index is 0. The van der Waals surface area contributed by atoms with Crippen molar-refractivity contribution in [1.29, 1.82) is 0 Å². The summed E-state index contributed by atoms with van der Waals surface area (Å²) in [5.74, 6) is -2.50. The first-order chi connectivity index (χ1) is 6.93. The van der Waals surface area contributed by atoms with Crippen LogP contribution in [0.5, 0.6) is 0 Å². The second-order valence-corrected chi connectivity index (χ2v) is 1.82. The predicted octanol–water partition coefficient (Wildman–Crippen LogP) is -0.842. The third-order valence-electron chi connectivity index (χ3n) is 0. The zero-order valence-corrected chi connectivity index (χ0v) is 10.6. The average molecular weight is 349 g/mol. The van der Waals surface area contributed by atoms with Crippen molar-refractivity contribution in [2.75, 3.05) is 0 Å². The van der Waals surface area contributed by atoms with Crippen LogP contribution in [-0.4, -0.2) is 44.5 Å². The summed E-state index contributed by atoms with van der Waals surface area (Å²) in [6.07, 6.45) is -2.08. The largest absolute Gasteiger partial charge is 1.00 e. The van der Waals surface area contributed by atoms with Gasteiger partial charge in [0.05, 0.1) is 0 Å². The molecule has 0 aromatic rings. The normalized spacial score (nSPS) is 5.82. The molecule has 0 atom stereocenters. The van der Waals surface area contributed by atoms with E-state index in [-0.39, 0.29) is 22.4 Å². The van der Waals surface area contributed by atoms with Gasteiger partial charge in [0.25, 0.3) is 17.9 Å². The number of carbonyl (C=O) groups is 4. The van der Waals surface area contributed by atoms with Crippen molar-refractivity contribution in [3.8, 4) is 0 Å². The molecule has 0 unspecified atom stereocenters. The summed E-state index contributed by atoms with van der Waals surface area (Å²) in [4.78, 5) is 35.4. The van der Waals surface area contributed by atoms with E-state index in [2.05, 4.69) is 0 Å². The summed E-state index contributed by atoms with van der Waals surface area (Å²) in [5, 5.41) is 37.6. The first-order valence-corrected chi connectivity index (χ1v) is 3.42. The molecule has 0 amide bonds. The molecule has 0 aromatic heterocycles. The van der Waals surface area contributed by atoms with Crippen LogP contribution < -0.4 is 5.11 Å². The quantitative estimate of drug-likeness (QED) is 0.407. The van der Waals surface area contributed by atoms with Gasteiger partial charge in [-0.05, 0) is 0 Å². The van der Waals surface area contributed by atoms with Crippen molar-refractivity contribution >= 4 is 24.1 Å². The van der Waals surface area contributed by atoms with Gasteiger partial charge in [0.15, 0.2) is 0 Å². The SMILES string of the molecule is CC(=O)O.CC(=O)O.CC(=O)O.O=C([O-])O.[Ag+]. The maximum Gasteiger partial charge on any atom is 1.00 e. The van der Waals surface area contributed by atoms with Crippen molar-refractivity contribution in [2.45, 2.75) is 20.8 Å². The molecule has 0 fully saturated rings. The smallest absolute Gasteiger partial charge is 0.565 e. The second-order valence-electron chi connectivity index (χ2n) is 1.82. The topological polar surface area (TPSA) is 172 Å². The first-order valence-electron chi connectivity index (χ1n) is 3.42. The second kappa shape index (κ2) is 23.9. The van der Waals surface area contributed by atoms with Crippen LogP contribution in [0.2, 0.25) is 0 Å².